The van der Waals surface area contributed by atoms with Gasteiger partial charge in [-0.2, -0.15) is 0 Å². The van der Waals surface area contributed by atoms with Crippen LogP contribution in [-0.2, 0) is 4.79 Å². The van der Waals surface area contributed by atoms with Crippen LogP contribution in [-0.4, -0.2) is 32.0 Å². The number of nitrogens with zero attached hydrogens (tertiary/aromatic N) is 1. The lowest BCUT2D eigenvalue weighted by atomic mass is 9.93. The molecule has 0 saturated carbocycles. The van der Waals surface area contributed by atoms with Crippen LogP contribution >= 0.6 is 24.0 Å². The van der Waals surface area contributed by atoms with Crippen LogP contribution in [0.1, 0.15) is 33.6 Å². The minimum absolute atomic E-state index is 0. The zero-order valence-corrected chi connectivity index (χ0v) is 13.5. The number of rotatable bonds is 6. The molecular formula is C11H25IN4O. The van der Waals surface area contributed by atoms with Crippen LogP contribution < -0.4 is 16.4 Å². The van der Waals surface area contributed by atoms with E-state index in [1.165, 1.54) is 0 Å². The van der Waals surface area contributed by atoms with Crippen molar-refractivity contribution in [3.05, 3.63) is 0 Å². The summed E-state index contributed by atoms with van der Waals surface area (Å²) in [5.41, 5.74) is 5.15. The third-order valence-corrected chi connectivity index (χ3v) is 2.32. The maximum Gasteiger partial charge on any atom is 0.227 e. The fourth-order valence-electron chi connectivity index (χ4n) is 1.14. The van der Waals surface area contributed by atoms with Gasteiger partial charge in [0.15, 0.2) is 5.96 Å². The standard InChI is InChI=1S/C11H24N4O.HI/c1-5-6-7-14-10(12)15-8-11(2,3)9(16)13-4;/h5-8H2,1-4H3,(H,13,16)(H3,12,14,15);1H. The molecule has 0 atom stereocenters. The molecule has 6 heteroatoms. The van der Waals surface area contributed by atoms with Gasteiger partial charge in [-0.15, -0.1) is 24.0 Å². The van der Waals surface area contributed by atoms with Crippen molar-refractivity contribution in [1.82, 2.24) is 10.6 Å². The lowest BCUT2D eigenvalue weighted by Gasteiger charge is -2.20. The second-order valence-electron chi connectivity index (χ2n) is 4.44. The zero-order chi connectivity index (χ0) is 12.6. The third-order valence-electron chi connectivity index (χ3n) is 2.32. The first-order chi connectivity index (χ1) is 7.44. The monoisotopic (exact) mass is 356 g/mol. The average molecular weight is 356 g/mol. The molecule has 0 saturated heterocycles. The average Bonchev–Trinajstić information content (AvgIpc) is 2.25. The van der Waals surface area contributed by atoms with Gasteiger partial charge in [-0.3, -0.25) is 9.79 Å². The highest BCUT2D eigenvalue weighted by molar-refractivity contribution is 14.0. The maximum atomic E-state index is 11.5. The highest BCUT2D eigenvalue weighted by Gasteiger charge is 2.26. The Kier molecular flexibility index (Phi) is 10.5. The maximum absolute atomic E-state index is 11.5. The molecule has 0 unspecified atom stereocenters. The van der Waals surface area contributed by atoms with E-state index < -0.39 is 5.41 Å². The van der Waals surface area contributed by atoms with Crippen molar-refractivity contribution < 1.29 is 4.79 Å². The number of hydrogen-bond acceptors (Lipinski definition) is 2. The first kappa shape index (κ1) is 18.8. The van der Waals surface area contributed by atoms with E-state index in [0.717, 1.165) is 19.4 Å². The number of unbranched alkanes of at least 4 members (excludes halogenated alkanes) is 1. The number of guanidine groups is 1. The van der Waals surface area contributed by atoms with Gasteiger partial charge in [-0.1, -0.05) is 13.3 Å². The summed E-state index contributed by atoms with van der Waals surface area (Å²) in [6.45, 7) is 7.01. The molecule has 4 N–H and O–H groups in total. The highest BCUT2D eigenvalue weighted by atomic mass is 127. The predicted octanol–water partition coefficient (Wildman–Crippen LogP) is 1.08. The molecule has 1 amide bonds. The van der Waals surface area contributed by atoms with Crippen molar-refractivity contribution in [2.75, 3.05) is 20.1 Å². The molecule has 0 spiro atoms. The van der Waals surface area contributed by atoms with E-state index in [0.29, 0.717) is 12.5 Å². The Morgan fingerprint density at radius 2 is 2.00 bits per heavy atom. The van der Waals surface area contributed by atoms with E-state index in [4.69, 9.17) is 5.73 Å². The number of halogens is 1. The second kappa shape index (κ2) is 9.49. The Labute approximate surface area is 121 Å². The van der Waals surface area contributed by atoms with Crippen LogP contribution in [0.3, 0.4) is 0 Å². The highest BCUT2D eigenvalue weighted by Crippen LogP contribution is 2.14. The molecule has 0 aromatic rings. The number of carbonyl (C=O) groups excluding carboxylic acids is 1. The van der Waals surface area contributed by atoms with E-state index in [-0.39, 0.29) is 29.9 Å². The first-order valence-corrected chi connectivity index (χ1v) is 5.70. The quantitative estimate of drug-likeness (QED) is 0.288. The molecule has 17 heavy (non-hydrogen) atoms. The van der Waals surface area contributed by atoms with E-state index in [1.807, 2.05) is 13.8 Å². The van der Waals surface area contributed by atoms with Gasteiger partial charge in [0.25, 0.3) is 0 Å². The van der Waals surface area contributed by atoms with Gasteiger partial charge in [-0.25, -0.2) is 0 Å². The van der Waals surface area contributed by atoms with E-state index in [2.05, 4.69) is 22.5 Å². The molecule has 102 valence electrons. The Bertz CT molecular complexity index is 254. The van der Waals surface area contributed by atoms with Crippen LogP contribution in [0.15, 0.2) is 4.99 Å². The summed E-state index contributed by atoms with van der Waals surface area (Å²) in [5, 5.41) is 5.62. The molecule has 0 aliphatic carbocycles. The summed E-state index contributed by atoms with van der Waals surface area (Å²) in [6.07, 6.45) is 2.18. The number of aliphatic imine (C=N–C) groups is 1. The normalized spacial score (nSPS) is 11.6. The van der Waals surface area contributed by atoms with Crippen LogP contribution in [0, 0.1) is 5.41 Å². The number of nitrogens with two attached hydrogens (primary N) is 1. The van der Waals surface area contributed by atoms with Gasteiger partial charge in [0, 0.05) is 13.6 Å². The van der Waals surface area contributed by atoms with Crippen molar-refractivity contribution in [3.63, 3.8) is 0 Å². The molecule has 0 aromatic heterocycles. The number of amides is 1. The number of nitrogens with one attached hydrogen (secondary N) is 2. The van der Waals surface area contributed by atoms with Crippen molar-refractivity contribution in [2.24, 2.45) is 16.1 Å². The van der Waals surface area contributed by atoms with Gasteiger partial charge in [-0.05, 0) is 20.3 Å². The lowest BCUT2D eigenvalue weighted by molar-refractivity contribution is -0.128. The Morgan fingerprint density at radius 3 is 2.47 bits per heavy atom. The predicted molar refractivity (Wildman–Crippen MR) is 82.7 cm³/mol. The van der Waals surface area contributed by atoms with Crippen molar-refractivity contribution >= 4 is 35.8 Å². The summed E-state index contributed by atoms with van der Waals surface area (Å²) < 4.78 is 0. The van der Waals surface area contributed by atoms with Gasteiger partial charge >= 0.3 is 0 Å². The molecule has 0 rings (SSSR count). The molecule has 0 aliphatic heterocycles. The lowest BCUT2D eigenvalue weighted by Crippen LogP contribution is -2.39. The van der Waals surface area contributed by atoms with E-state index in [9.17, 15) is 4.79 Å². The fourth-order valence-corrected chi connectivity index (χ4v) is 1.14. The fraction of sp³-hybridized carbons (Fsp3) is 0.818. The summed E-state index contributed by atoms with van der Waals surface area (Å²) in [6, 6.07) is 0. The zero-order valence-electron chi connectivity index (χ0n) is 11.2. The van der Waals surface area contributed by atoms with E-state index in [1.54, 1.807) is 7.05 Å². The molecule has 0 fully saturated rings. The number of carbonyl (C=O) groups is 1. The minimum atomic E-state index is -0.522. The SMILES string of the molecule is CCCCNC(N)=NCC(C)(C)C(=O)NC.I. The second-order valence-corrected chi connectivity index (χ2v) is 4.44. The summed E-state index contributed by atoms with van der Waals surface area (Å²) in [7, 11) is 1.62. The van der Waals surface area contributed by atoms with E-state index >= 15 is 0 Å². The largest absolute Gasteiger partial charge is 0.370 e. The molecule has 0 aromatic carbocycles. The molecule has 0 bridgehead atoms. The van der Waals surface area contributed by atoms with Crippen molar-refractivity contribution in [3.8, 4) is 0 Å². The van der Waals surface area contributed by atoms with Gasteiger partial charge in [0.2, 0.25) is 5.91 Å². The Balaban J connectivity index is 0. The van der Waals surface area contributed by atoms with Crippen LogP contribution in [0.4, 0.5) is 0 Å². The van der Waals surface area contributed by atoms with Crippen LogP contribution in [0.2, 0.25) is 0 Å². The van der Waals surface area contributed by atoms with Gasteiger partial charge in [0.05, 0.1) is 12.0 Å². The first-order valence-electron chi connectivity index (χ1n) is 5.70. The Morgan fingerprint density at radius 1 is 1.41 bits per heavy atom. The summed E-state index contributed by atoms with van der Waals surface area (Å²) in [4.78, 5) is 15.6. The molecule has 0 radical (unpaired) electrons. The number of hydrogen-bond donors (Lipinski definition) is 3. The minimum Gasteiger partial charge on any atom is -0.370 e. The van der Waals surface area contributed by atoms with Crippen LogP contribution in [0.25, 0.3) is 0 Å². The molecule has 0 heterocycles. The molecule has 0 aliphatic rings. The third kappa shape index (κ3) is 8.23. The van der Waals surface area contributed by atoms with Crippen molar-refractivity contribution in [2.45, 2.75) is 33.6 Å². The Hall–Kier alpha value is -0.530. The van der Waals surface area contributed by atoms with Crippen LogP contribution in [0.5, 0.6) is 0 Å². The smallest absolute Gasteiger partial charge is 0.227 e. The van der Waals surface area contributed by atoms with Crippen molar-refractivity contribution in [1.29, 1.82) is 0 Å². The molecule has 5 nitrogen and oxygen atoms in total. The molecular weight excluding hydrogens is 331 g/mol. The summed E-state index contributed by atoms with van der Waals surface area (Å²) >= 11 is 0. The summed E-state index contributed by atoms with van der Waals surface area (Å²) in [5.74, 6) is 0.378. The van der Waals surface area contributed by atoms with Gasteiger partial charge in [0.1, 0.15) is 0 Å². The topological polar surface area (TPSA) is 79.5 Å². The van der Waals surface area contributed by atoms with Gasteiger partial charge < -0.3 is 16.4 Å².